The Bertz CT molecular complexity index is 306. The number of aromatic nitrogens is 1. The lowest BCUT2D eigenvalue weighted by Gasteiger charge is -2.12. The molecular formula is C12H17FN2. The summed E-state index contributed by atoms with van der Waals surface area (Å²) >= 11 is 0. The van der Waals surface area contributed by atoms with Crippen LogP contribution in [0.4, 0.5) is 4.39 Å². The molecule has 0 spiro atoms. The van der Waals surface area contributed by atoms with Crippen molar-refractivity contribution in [3.05, 3.63) is 29.8 Å². The summed E-state index contributed by atoms with van der Waals surface area (Å²) in [5, 5.41) is 3.40. The van der Waals surface area contributed by atoms with Gasteiger partial charge in [0.15, 0.2) is 0 Å². The Morgan fingerprint density at radius 2 is 2.33 bits per heavy atom. The lowest BCUT2D eigenvalue weighted by atomic mass is 10.2. The zero-order valence-corrected chi connectivity index (χ0v) is 9.04. The van der Waals surface area contributed by atoms with E-state index in [1.807, 2.05) is 0 Å². The van der Waals surface area contributed by atoms with Crippen LogP contribution in [0.5, 0.6) is 0 Å². The first-order valence-electron chi connectivity index (χ1n) is 5.60. The third-order valence-electron chi connectivity index (χ3n) is 2.89. The molecule has 1 atom stereocenters. The van der Waals surface area contributed by atoms with E-state index < -0.39 is 0 Å². The maximum Gasteiger partial charge on any atom is 0.141 e. The molecule has 1 heterocycles. The molecule has 2 nitrogen and oxygen atoms in total. The van der Waals surface area contributed by atoms with Gasteiger partial charge in [0.25, 0.3) is 0 Å². The average Bonchev–Trinajstić information content (AvgIpc) is 3.02. The summed E-state index contributed by atoms with van der Waals surface area (Å²) in [6, 6.07) is 3.41. The van der Waals surface area contributed by atoms with E-state index in [0.29, 0.717) is 0 Å². The van der Waals surface area contributed by atoms with E-state index in [4.69, 9.17) is 0 Å². The summed E-state index contributed by atoms with van der Waals surface area (Å²) in [6.45, 7) is 3.10. The molecule has 82 valence electrons. The van der Waals surface area contributed by atoms with Gasteiger partial charge in [-0.25, -0.2) is 4.39 Å². The van der Waals surface area contributed by atoms with E-state index >= 15 is 0 Å². The number of hydrogen-bond donors (Lipinski definition) is 1. The quantitative estimate of drug-likeness (QED) is 0.804. The van der Waals surface area contributed by atoms with Gasteiger partial charge < -0.3 is 5.32 Å². The number of nitrogens with one attached hydrogen (secondary N) is 1. The monoisotopic (exact) mass is 208 g/mol. The standard InChI is InChI=1S/C12H17FN2/c1-9(14-7-6-10-2-3-10)12-5-4-11(13)8-15-12/h4-5,8-10,14H,2-3,6-7H2,1H3. The molecule has 1 unspecified atom stereocenters. The Hall–Kier alpha value is -0.960. The van der Waals surface area contributed by atoms with Crippen LogP contribution in [0.25, 0.3) is 0 Å². The van der Waals surface area contributed by atoms with Gasteiger partial charge in [0.2, 0.25) is 0 Å². The maximum absolute atomic E-state index is 12.6. The van der Waals surface area contributed by atoms with Crippen LogP contribution in [0.3, 0.4) is 0 Å². The second-order valence-electron chi connectivity index (χ2n) is 4.31. The van der Waals surface area contributed by atoms with E-state index in [0.717, 1.165) is 18.2 Å². The van der Waals surface area contributed by atoms with Crippen molar-refractivity contribution in [2.45, 2.75) is 32.2 Å². The Labute approximate surface area is 89.9 Å². The molecule has 1 aromatic rings. The predicted molar refractivity (Wildman–Crippen MR) is 58.0 cm³/mol. The Morgan fingerprint density at radius 3 is 2.93 bits per heavy atom. The van der Waals surface area contributed by atoms with Crippen molar-refractivity contribution in [3.63, 3.8) is 0 Å². The molecule has 1 aromatic heterocycles. The molecule has 0 aliphatic heterocycles. The molecule has 0 amide bonds. The van der Waals surface area contributed by atoms with Gasteiger partial charge in [-0.3, -0.25) is 4.98 Å². The summed E-state index contributed by atoms with van der Waals surface area (Å²) < 4.78 is 12.6. The van der Waals surface area contributed by atoms with Crippen molar-refractivity contribution < 1.29 is 4.39 Å². The van der Waals surface area contributed by atoms with Crippen molar-refractivity contribution in [2.24, 2.45) is 5.92 Å². The minimum absolute atomic E-state index is 0.212. The predicted octanol–water partition coefficient (Wildman–Crippen LogP) is 2.67. The van der Waals surface area contributed by atoms with Crippen molar-refractivity contribution in [1.29, 1.82) is 0 Å². The summed E-state index contributed by atoms with van der Waals surface area (Å²) in [4.78, 5) is 4.05. The van der Waals surface area contributed by atoms with Crippen LogP contribution in [0.1, 0.15) is 37.9 Å². The average molecular weight is 208 g/mol. The Balaban J connectivity index is 1.78. The highest BCUT2D eigenvalue weighted by molar-refractivity contribution is 5.08. The van der Waals surface area contributed by atoms with Gasteiger partial charge in [-0.15, -0.1) is 0 Å². The van der Waals surface area contributed by atoms with E-state index in [-0.39, 0.29) is 11.9 Å². The number of hydrogen-bond acceptors (Lipinski definition) is 2. The first-order valence-corrected chi connectivity index (χ1v) is 5.60. The highest BCUT2D eigenvalue weighted by Crippen LogP contribution is 2.31. The summed E-state index contributed by atoms with van der Waals surface area (Å²) in [7, 11) is 0. The van der Waals surface area contributed by atoms with Gasteiger partial charge in [-0.2, -0.15) is 0 Å². The molecule has 1 fully saturated rings. The third kappa shape index (κ3) is 3.27. The normalized spacial score (nSPS) is 17.7. The van der Waals surface area contributed by atoms with E-state index in [2.05, 4.69) is 17.2 Å². The molecule has 0 saturated heterocycles. The van der Waals surface area contributed by atoms with Gasteiger partial charge in [0.1, 0.15) is 5.82 Å². The van der Waals surface area contributed by atoms with Crippen molar-refractivity contribution in [1.82, 2.24) is 10.3 Å². The van der Waals surface area contributed by atoms with Crippen molar-refractivity contribution >= 4 is 0 Å². The van der Waals surface area contributed by atoms with Crippen LogP contribution < -0.4 is 5.32 Å². The molecule has 0 bridgehead atoms. The summed E-state index contributed by atoms with van der Waals surface area (Å²) in [5.74, 6) is 0.676. The molecule has 0 radical (unpaired) electrons. The molecule has 1 N–H and O–H groups in total. The minimum atomic E-state index is -0.274. The van der Waals surface area contributed by atoms with Crippen molar-refractivity contribution in [2.75, 3.05) is 6.54 Å². The van der Waals surface area contributed by atoms with Crippen LogP contribution >= 0.6 is 0 Å². The van der Waals surface area contributed by atoms with Crippen LogP contribution in [0.15, 0.2) is 18.3 Å². The third-order valence-corrected chi connectivity index (χ3v) is 2.89. The van der Waals surface area contributed by atoms with E-state index in [1.54, 1.807) is 6.07 Å². The summed E-state index contributed by atoms with van der Waals surface area (Å²) in [6.07, 6.45) is 5.32. The van der Waals surface area contributed by atoms with E-state index in [9.17, 15) is 4.39 Å². The lowest BCUT2D eigenvalue weighted by Crippen LogP contribution is -2.21. The molecular weight excluding hydrogens is 191 g/mol. The first kappa shape index (κ1) is 10.6. The zero-order valence-electron chi connectivity index (χ0n) is 9.04. The SMILES string of the molecule is CC(NCCC1CC1)c1ccc(F)cn1. The van der Waals surface area contributed by atoms with Crippen LogP contribution in [-0.4, -0.2) is 11.5 Å². The van der Waals surface area contributed by atoms with Gasteiger partial charge >= 0.3 is 0 Å². The lowest BCUT2D eigenvalue weighted by molar-refractivity contribution is 0.527. The van der Waals surface area contributed by atoms with Crippen LogP contribution in [-0.2, 0) is 0 Å². The van der Waals surface area contributed by atoms with Crippen LogP contribution in [0.2, 0.25) is 0 Å². The second-order valence-corrected chi connectivity index (χ2v) is 4.31. The zero-order chi connectivity index (χ0) is 10.7. The highest BCUT2D eigenvalue weighted by atomic mass is 19.1. The van der Waals surface area contributed by atoms with Gasteiger partial charge in [-0.05, 0) is 37.9 Å². The van der Waals surface area contributed by atoms with Crippen molar-refractivity contribution in [3.8, 4) is 0 Å². The fourth-order valence-electron chi connectivity index (χ4n) is 1.66. The fraction of sp³-hybridized carbons (Fsp3) is 0.583. The highest BCUT2D eigenvalue weighted by Gasteiger charge is 2.20. The number of nitrogens with zero attached hydrogens (tertiary/aromatic N) is 1. The molecule has 2 rings (SSSR count). The van der Waals surface area contributed by atoms with Gasteiger partial charge in [0, 0.05) is 6.04 Å². The first-order chi connectivity index (χ1) is 7.25. The van der Waals surface area contributed by atoms with E-state index in [1.165, 1.54) is 31.5 Å². The van der Waals surface area contributed by atoms with Crippen LogP contribution in [0, 0.1) is 11.7 Å². The Kier molecular flexibility index (Phi) is 3.31. The largest absolute Gasteiger partial charge is 0.309 e. The smallest absolute Gasteiger partial charge is 0.141 e. The second kappa shape index (κ2) is 4.71. The minimum Gasteiger partial charge on any atom is -0.309 e. The Morgan fingerprint density at radius 1 is 1.53 bits per heavy atom. The summed E-state index contributed by atoms with van der Waals surface area (Å²) in [5.41, 5.74) is 0.909. The number of halogens is 1. The molecule has 3 heteroatoms. The molecule has 1 aliphatic rings. The van der Waals surface area contributed by atoms with Gasteiger partial charge in [0.05, 0.1) is 11.9 Å². The number of pyridine rings is 1. The number of rotatable bonds is 5. The topological polar surface area (TPSA) is 24.9 Å². The molecule has 1 saturated carbocycles. The van der Waals surface area contributed by atoms with Gasteiger partial charge in [-0.1, -0.05) is 12.8 Å². The fourth-order valence-corrected chi connectivity index (χ4v) is 1.66. The molecule has 15 heavy (non-hydrogen) atoms. The molecule has 1 aliphatic carbocycles. The maximum atomic E-state index is 12.6. The molecule has 0 aromatic carbocycles.